The summed E-state index contributed by atoms with van der Waals surface area (Å²) in [4.78, 5) is 4.67. The van der Waals surface area contributed by atoms with Crippen LogP contribution in [-0.4, -0.2) is 9.13 Å². The second-order valence-electron chi connectivity index (χ2n) is 20.9. The van der Waals surface area contributed by atoms with Crippen LogP contribution in [0.2, 0.25) is 0 Å². The summed E-state index contributed by atoms with van der Waals surface area (Å²) in [6.07, 6.45) is 3.21. The molecule has 374 valence electrons. The van der Waals surface area contributed by atoms with Gasteiger partial charge in [-0.3, -0.25) is 0 Å². The molecule has 1 aliphatic carbocycles. The van der Waals surface area contributed by atoms with E-state index in [4.69, 9.17) is 8.83 Å². The molecule has 6 nitrogen and oxygen atoms in total. The molecule has 0 N–H and O–H groups in total. The van der Waals surface area contributed by atoms with E-state index in [-0.39, 0.29) is 5.92 Å². The van der Waals surface area contributed by atoms with Gasteiger partial charge in [0.1, 0.15) is 22.5 Å². The molecule has 1 atom stereocenters. The molecule has 0 bridgehead atoms. The molecule has 4 heterocycles. The predicted molar refractivity (Wildman–Crippen MR) is 329 cm³/mol. The van der Waals surface area contributed by atoms with E-state index in [9.17, 15) is 0 Å². The first-order valence-electron chi connectivity index (χ1n) is 27.2. The molecule has 0 spiro atoms. The number of allylic oxidation sites excluding steroid dienone is 1. The summed E-state index contributed by atoms with van der Waals surface area (Å²) >= 11 is 0. The third-order valence-electron chi connectivity index (χ3n) is 16.3. The van der Waals surface area contributed by atoms with Crippen molar-refractivity contribution in [1.29, 1.82) is 0 Å². The fraction of sp³-hybridized carbons (Fsp3) is 0.0411. The lowest BCUT2D eigenvalue weighted by molar-refractivity contribution is 0.504. The second kappa shape index (κ2) is 17.9. The Hall–Kier alpha value is -10.3. The SMILES string of the molecule is CC1CC(n2c3ccccc3c3cc(N(c4ccccc4)c4ccccc4)ccc32)=Cc2c1oc1c(-c3cccc4c3oc3ccc(-n5c6ccccc6c6cc(N(c7ccccc7)c7ccccc7)ccc65)cc34)cccc21. The van der Waals surface area contributed by atoms with Crippen molar-refractivity contribution in [3.05, 3.63) is 272 Å². The number of hydrogen-bond donors (Lipinski definition) is 0. The van der Waals surface area contributed by atoms with Gasteiger partial charge in [-0.05, 0) is 128 Å². The zero-order valence-electron chi connectivity index (χ0n) is 43.3. The maximum absolute atomic E-state index is 7.09. The summed E-state index contributed by atoms with van der Waals surface area (Å²) in [7, 11) is 0. The van der Waals surface area contributed by atoms with Gasteiger partial charge >= 0.3 is 0 Å². The molecule has 1 aliphatic rings. The fourth-order valence-corrected chi connectivity index (χ4v) is 12.8. The molecule has 16 rings (SSSR count). The molecule has 6 heteroatoms. The fourth-order valence-electron chi connectivity index (χ4n) is 12.8. The molecular weight excluding hydrogens is 965 g/mol. The van der Waals surface area contributed by atoms with E-state index < -0.39 is 0 Å². The summed E-state index contributed by atoms with van der Waals surface area (Å²) in [5.74, 6) is 1.15. The molecule has 79 heavy (non-hydrogen) atoms. The normalized spacial score (nSPS) is 13.5. The van der Waals surface area contributed by atoms with Crippen LogP contribution in [0.3, 0.4) is 0 Å². The van der Waals surface area contributed by atoms with Crippen molar-refractivity contribution in [1.82, 2.24) is 9.13 Å². The largest absolute Gasteiger partial charge is 0.459 e. The molecular formula is C73H50N4O2. The highest BCUT2D eigenvalue weighted by Gasteiger charge is 2.29. The highest BCUT2D eigenvalue weighted by atomic mass is 16.3. The summed E-state index contributed by atoms with van der Waals surface area (Å²) in [5.41, 5.74) is 19.4. The number of aromatic nitrogens is 2. The average Bonchev–Trinajstić information content (AvgIpc) is 4.32. The number of furan rings is 2. The highest BCUT2D eigenvalue weighted by Crippen LogP contribution is 2.49. The van der Waals surface area contributed by atoms with Crippen LogP contribution in [0.1, 0.15) is 30.6 Å². The predicted octanol–water partition coefficient (Wildman–Crippen LogP) is 20.6. The minimum Gasteiger partial charge on any atom is -0.459 e. The minimum atomic E-state index is 0.136. The molecule has 0 aliphatic heterocycles. The van der Waals surface area contributed by atoms with E-state index in [2.05, 4.69) is 293 Å². The van der Waals surface area contributed by atoms with Gasteiger partial charge in [0.2, 0.25) is 0 Å². The smallest absolute Gasteiger partial charge is 0.143 e. The summed E-state index contributed by atoms with van der Waals surface area (Å²) in [6.45, 7) is 2.30. The zero-order valence-corrected chi connectivity index (χ0v) is 43.3. The standard InChI is InChI=1S/C73H50N4O2/c1-47-42-55(77-67-35-17-15-29-57(67)63-44-53(37-40-69(63)77)75(50-24-10-4-11-25-50)51-26-12-5-13-27-51)46-65-61-33-19-31-59(73(61)79-71(47)65)58-30-18-32-60-64-45-54(38-41-70(64)78-72(58)60)76-66-34-16-14-28-56(66)62-43-52(36-39-68(62)76)74(48-20-6-2-7-21-48)49-22-8-3-9-23-49/h2-41,43-47H,42H2,1H3. The molecule has 4 aromatic heterocycles. The maximum atomic E-state index is 7.09. The van der Waals surface area contributed by atoms with Crippen molar-refractivity contribution in [2.24, 2.45) is 0 Å². The van der Waals surface area contributed by atoms with E-state index >= 15 is 0 Å². The summed E-state index contributed by atoms with van der Waals surface area (Å²) in [5, 5.41) is 8.05. The molecule has 0 amide bonds. The quantitative estimate of drug-likeness (QED) is 0.144. The summed E-state index contributed by atoms with van der Waals surface area (Å²) in [6, 6.07) is 93.5. The van der Waals surface area contributed by atoms with Crippen LogP contribution in [0.25, 0.3) is 105 Å². The Morgan fingerprint density at radius 1 is 0.354 bits per heavy atom. The zero-order chi connectivity index (χ0) is 52.1. The first-order chi connectivity index (χ1) is 39.1. The van der Waals surface area contributed by atoms with E-state index in [1.807, 2.05) is 0 Å². The Morgan fingerprint density at radius 2 is 0.810 bits per heavy atom. The number of nitrogens with zero attached hydrogens (tertiary/aromatic N) is 4. The van der Waals surface area contributed by atoms with Crippen LogP contribution in [0.15, 0.2) is 270 Å². The van der Waals surface area contributed by atoms with E-state index in [1.165, 1.54) is 38.3 Å². The van der Waals surface area contributed by atoms with Crippen LogP contribution >= 0.6 is 0 Å². The number of para-hydroxylation sites is 8. The van der Waals surface area contributed by atoms with Gasteiger partial charge in [0.25, 0.3) is 0 Å². The molecule has 1 unspecified atom stereocenters. The van der Waals surface area contributed by atoms with Gasteiger partial charge in [0.15, 0.2) is 0 Å². The topological polar surface area (TPSA) is 42.6 Å². The van der Waals surface area contributed by atoms with E-state index in [0.717, 1.165) is 113 Å². The second-order valence-corrected chi connectivity index (χ2v) is 20.9. The average molecular weight is 1020 g/mol. The van der Waals surface area contributed by atoms with Crippen LogP contribution < -0.4 is 9.80 Å². The van der Waals surface area contributed by atoms with Crippen LogP contribution in [0.5, 0.6) is 0 Å². The number of anilines is 6. The molecule has 0 radical (unpaired) electrons. The molecule has 15 aromatic rings. The third kappa shape index (κ3) is 7.11. The van der Waals surface area contributed by atoms with Crippen LogP contribution in [-0.2, 0) is 0 Å². The number of fused-ring (bicyclic) bond motifs is 12. The summed E-state index contributed by atoms with van der Waals surface area (Å²) < 4.78 is 18.9. The van der Waals surface area contributed by atoms with E-state index in [0.29, 0.717) is 0 Å². The van der Waals surface area contributed by atoms with Gasteiger partial charge in [0.05, 0.1) is 22.1 Å². The van der Waals surface area contributed by atoms with Crippen LogP contribution in [0, 0.1) is 0 Å². The van der Waals surface area contributed by atoms with Crippen molar-refractivity contribution < 1.29 is 8.83 Å². The first-order valence-corrected chi connectivity index (χ1v) is 27.2. The lowest BCUT2D eigenvalue weighted by atomic mass is 9.91. The van der Waals surface area contributed by atoms with Crippen molar-refractivity contribution in [3.63, 3.8) is 0 Å². The van der Waals surface area contributed by atoms with Crippen molar-refractivity contribution in [3.8, 4) is 16.8 Å². The number of hydrogen-bond acceptors (Lipinski definition) is 4. The van der Waals surface area contributed by atoms with Gasteiger partial charge in [-0.2, -0.15) is 0 Å². The number of benzene rings is 11. The van der Waals surface area contributed by atoms with Crippen molar-refractivity contribution >= 4 is 122 Å². The van der Waals surface area contributed by atoms with Gasteiger partial charge in [0, 0.05) is 106 Å². The molecule has 0 fully saturated rings. The number of rotatable bonds is 9. The Bertz CT molecular complexity index is 4810. The lowest BCUT2D eigenvalue weighted by Gasteiger charge is -2.25. The monoisotopic (exact) mass is 1010 g/mol. The highest BCUT2D eigenvalue weighted by molar-refractivity contribution is 6.16. The van der Waals surface area contributed by atoms with Crippen molar-refractivity contribution in [2.45, 2.75) is 19.3 Å². The molecule has 0 saturated carbocycles. The minimum absolute atomic E-state index is 0.136. The Balaban J connectivity index is 0.795. The van der Waals surface area contributed by atoms with Gasteiger partial charge in [-0.1, -0.05) is 153 Å². The first kappa shape index (κ1) is 44.9. The third-order valence-corrected chi connectivity index (χ3v) is 16.3. The van der Waals surface area contributed by atoms with Gasteiger partial charge < -0.3 is 27.8 Å². The molecule has 11 aromatic carbocycles. The van der Waals surface area contributed by atoms with Gasteiger partial charge in [-0.15, -0.1) is 0 Å². The maximum Gasteiger partial charge on any atom is 0.143 e. The van der Waals surface area contributed by atoms with Crippen LogP contribution in [0.4, 0.5) is 34.1 Å². The van der Waals surface area contributed by atoms with E-state index in [1.54, 1.807) is 0 Å². The Morgan fingerprint density at radius 3 is 1.37 bits per heavy atom. The Labute approximate surface area is 456 Å². The van der Waals surface area contributed by atoms with Gasteiger partial charge in [-0.25, -0.2) is 0 Å². The lowest BCUT2D eigenvalue weighted by Crippen LogP contribution is -2.09. The Kier molecular flexibility index (Phi) is 10.2. The van der Waals surface area contributed by atoms with Crippen molar-refractivity contribution in [2.75, 3.05) is 9.80 Å². The molecule has 0 saturated heterocycles.